The largest absolute Gasteiger partial charge is 0.462 e. The number of aliphatic hydroxyl groups is 1. The smallest absolute Gasteiger partial charge is 0.312 e. The summed E-state index contributed by atoms with van der Waals surface area (Å²) in [5.41, 5.74) is -1.44. The molecule has 0 aromatic heterocycles. The van der Waals surface area contributed by atoms with E-state index in [0.717, 1.165) is 11.1 Å². The molecular weight excluding hydrogens is 456 g/mol. The first-order chi connectivity index (χ1) is 16.2. The fraction of sp³-hybridized carbons (Fsp3) is 0.692. The number of carbonyl (C=O) groups excluding carboxylic acids is 4. The van der Waals surface area contributed by atoms with E-state index in [4.69, 9.17) is 18.9 Å². The van der Waals surface area contributed by atoms with Gasteiger partial charge < -0.3 is 24.1 Å². The maximum atomic E-state index is 12.7. The summed E-state index contributed by atoms with van der Waals surface area (Å²) in [6.45, 7) is 10.9. The number of allylic oxidation sites excluding steroid dienone is 1. The molecule has 194 valence electrons. The van der Waals surface area contributed by atoms with Gasteiger partial charge in [-0.15, -0.1) is 0 Å². The number of rotatable bonds is 3. The summed E-state index contributed by atoms with van der Waals surface area (Å²) in [5.74, 6) is -4.05. The molecule has 3 rings (SSSR count). The van der Waals surface area contributed by atoms with Gasteiger partial charge in [0.2, 0.25) is 0 Å². The van der Waals surface area contributed by atoms with Crippen LogP contribution in [0, 0.1) is 17.3 Å². The van der Waals surface area contributed by atoms with Gasteiger partial charge in [0.15, 0.2) is 11.7 Å². The molecule has 0 spiro atoms. The molecule has 0 bridgehead atoms. The zero-order valence-electron chi connectivity index (χ0n) is 21.5. The average molecular weight is 493 g/mol. The molecule has 9 heteroatoms. The van der Waals surface area contributed by atoms with Gasteiger partial charge in [-0.05, 0) is 39.7 Å². The van der Waals surface area contributed by atoms with Crippen LogP contribution in [-0.4, -0.2) is 59.0 Å². The Labute approximate surface area is 205 Å². The Bertz CT molecular complexity index is 966. The maximum Gasteiger partial charge on any atom is 0.312 e. The van der Waals surface area contributed by atoms with Gasteiger partial charge in [0.25, 0.3) is 0 Å². The predicted molar refractivity (Wildman–Crippen MR) is 124 cm³/mol. The van der Waals surface area contributed by atoms with Crippen LogP contribution in [0.1, 0.15) is 67.7 Å². The summed E-state index contributed by atoms with van der Waals surface area (Å²) in [7, 11) is 0. The van der Waals surface area contributed by atoms with Gasteiger partial charge in [-0.1, -0.05) is 24.1 Å². The van der Waals surface area contributed by atoms with Crippen molar-refractivity contribution in [2.45, 2.75) is 97.7 Å². The van der Waals surface area contributed by atoms with Crippen LogP contribution in [0.15, 0.2) is 23.3 Å². The van der Waals surface area contributed by atoms with Crippen molar-refractivity contribution in [3.05, 3.63) is 23.3 Å². The summed E-state index contributed by atoms with van der Waals surface area (Å²) in [6.07, 6.45) is 0.977. The molecule has 9 nitrogen and oxygen atoms in total. The van der Waals surface area contributed by atoms with E-state index < -0.39 is 71.1 Å². The highest BCUT2D eigenvalue weighted by molar-refractivity contribution is 5.77. The summed E-state index contributed by atoms with van der Waals surface area (Å²) in [4.78, 5) is 49.4. The quantitative estimate of drug-likeness (QED) is 0.359. The lowest BCUT2D eigenvalue weighted by Gasteiger charge is -2.54. The van der Waals surface area contributed by atoms with Crippen molar-refractivity contribution in [1.82, 2.24) is 0 Å². The molecule has 0 amide bonds. The second kappa shape index (κ2) is 9.76. The van der Waals surface area contributed by atoms with Gasteiger partial charge in [0.1, 0.15) is 18.3 Å². The molecule has 1 fully saturated rings. The zero-order chi connectivity index (χ0) is 26.3. The van der Waals surface area contributed by atoms with Crippen LogP contribution in [0.5, 0.6) is 0 Å². The van der Waals surface area contributed by atoms with Crippen LogP contribution >= 0.6 is 0 Å². The Balaban J connectivity index is 2.34. The van der Waals surface area contributed by atoms with Crippen molar-refractivity contribution in [3.63, 3.8) is 0 Å². The second-order valence-corrected chi connectivity index (χ2v) is 10.3. The van der Waals surface area contributed by atoms with Crippen LogP contribution in [0.2, 0.25) is 0 Å². The molecule has 0 aromatic rings. The fourth-order valence-corrected chi connectivity index (χ4v) is 6.05. The lowest BCUT2D eigenvalue weighted by Crippen LogP contribution is -2.65. The molecule has 1 saturated heterocycles. The Hall–Kier alpha value is -2.68. The zero-order valence-corrected chi connectivity index (χ0v) is 21.5. The third-order valence-corrected chi connectivity index (χ3v) is 7.85. The van der Waals surface area contributed by atoms with E-state index >= 15 is 0 Å². The van der Waals surface area contributed by atoms with Gasteiger partial charge in [0.05, 0.1) is 11.3 Å². The highest BCUT2D eigenvalue weighted by atomic mass is 16.6. The highest BCUT2D eigenvalue weighted by Gasteiger charge is 2.67. The first-order valence-electron chi connectivity index (χ1n) is 12.0. The maximum absolute atomic E-state index is 12.7. The average Bonchev–Trinajstić information content (AvgIpc) is 2.95. The van der Waals surface area contributed by atoms with E-state index in [-0.39, 0.29) is 0 Å². The highest BCUT2D eigenvalue weighted by Crippen LogP contribution is 2.55. The topological polar surface area (TPSA) is 125 Å². The van der Waals surface area contributed by atoms with E-state index in [2.05, 4.69) is 0 Å². The van der Waals surface area contributed by atoms with Crippen molar-refractivity contribution in [2.75, 3.05) is 0 Å². The van der Waals surface area contributed by atoms with E-state index in [0.29, 0.717) is 19.3 Å². The van der Waals surface area contributed by atoms with Crippen molar-refractivity contribution < 1.29 is 43.2 Å². The number of hydrogen-bond acceptors (Lipinski definition) is 9. The third-order valence-electron chi connectivity index (χ3n) is 7.85. The van der Waals surface area contributed by atoms with Crippen LogP contribution < -0.4 is 0 Å². The Morgan fingerprint density at radius 2 is 1.60 bits per heavy atom. The first kappa shape index (κ1) is 26.9. The van der Waals surface area contributed by atoms with Crippen LogP contribution in [0.4, 0.5) is 0 Å². The number of fused-ring (bicyclic) bond motifs is 2. The van der Waals surface area contributed by atoms with Gasteiger partial charge >= 0.3 is 23.9 Å². The minimum absolute atomic E-state index is 0.352. The number of ether oxygens (including phenoxy) is 4. The number of esters is 4. The van der Waals surface area contributed by atoms with Gasteiger partial charge in [-0.2, -0.15) is 0 Å². The molecule has 2 aliphatic carbocycles. The molecule has 35 heavy (non-hydrogen) atoms. The van der Waals surface area contributed by atoms with Gasteiger partial charge in [-0.25, -0.2) is 0 Å². The first-order valence-corrected chi connectivity index (χ1v) is 12.0. The summed E-state index contributed by atoms with van der Waals surface area (Å²) >= 11 is 0. The lowest BCUT2D eigenvalue weighted by molar-refractivity contribution is -0.216. The number of carbonyl (C=O) groups is 4. The van der Waals surface area contributed by atoms with Crippen LogP contribution in [0.3, 0.4) is 0 Å². The van der Waals surface area contributed by atoms with Crippen molar-refractivity contribution in [3.8, 4) is 0 Å². The minimum atomic E-state index is -1.92. The third kappa shape index (κ3) is 4.75. The Morgan fingerprint density at radius 3 is 2.17 bits per heavy atom. The molecule has 1 N–H and O–H groups in total. The molecule has 0 aromatic carbocycles. The Morgan fingerprint density at radius 1 is 1.03 bits per heavy atom. The SMILES string of the molecule is CC(=O)O[C@H]1CC=C(C)[C@@H]2[C@H](OC(C)=O)[C@@]3(O)[C@H](/C=C(/C)CC[C@H](OC(C)=O)[C@@]12C)OC(=O)[C@@H]3C. The summed E-state index contributed by atoms with van der Waals surface area (Å²) < 4.78 is 23.0. The van der Waals surface area contributed by atoms with E-state index in [1.54, 1.807) is 13.0 Å². The molecule has 1 aliphatic heterocycles. The van der Waals surface area contributed by atoms with E-state index in [1.807, 2.05) is 26.8 Å². The summed E-state index contributed by atoms with van der Waals surface area (Å²) in [6, 6.07) is 0. The molecule has 1 heterocycles. The van der Waals surface area contributed by atoms with Gasteiger partial charge in [0, 0.05) is 33.1 Å². The molecule has 0 radical (unpaired) electrons. The monoisotopic (exact) mass is 492 g/mol. The standard InChI is InChI=1S/C26H36O9/c1-13-8-10-19(32-16(4)27)25(7)20(33-17(5)28)11-9-14(2)22(25)23(34-18(6)29)26(31)15(3)24(30)35-21(26)12-13/h9,12,15,19-23,31H,8,10-11H2,1-7H3/b13-12-/t15-,19-,20-,21-,22+,23-,25-,26-/m0/s1. The van der Waals surface area contributed by atoms with E-state index in [9.17, 15) is 24.3 Å². The minimum Gasteiger partial charge on any atom is -0.462 e. The predicted octanol–water partition coefficient (Wildman–Crippen LogP) is 2.79. The van der Waals surface area contributed by atoms with Gasteiger partial charge in [-0.3, -0.25) is 19.2 Å². The fourth-order valence-electron chi connectivity index (χ4n) is 6.05. The molecule has 0 unspecified atom stereocenters. The normalized spacial score (nSPS) is 40.6. The Kier molecular flexibility index (Phi) is 7.50. The van der Waals surface area contributed by atoms with E-state index in [1.165, 1.54) is 20.8 Å². The number of hydrogen-bond donors (Lipinski definition) is 1. The molecule has 3 aliphatic rings. The van der Waals surface area contributed by atoms with Crippen molar-refractivity contribution >= 4 is 23.9 Å². The van der Waals surface area contributed by atoms with Crippen molar-refractivity contribution in [1.29, 1.82) is 0 Å². The molecule has 0 saturated carbocycles. The van der Waals surface area contributed by atoms with Crippen molar-refractivity contribution in [2.24, 2.45) is 17.3 Å². The van der Waals surface area contributed by atoms with Crippen LogP contribution in [0.25, 0.3) is 0 Å². The molecular formula is C26H36O9. The molecule has 8 atom stereocenters. The van der Waals surface area contributed by atoms with Crippen LogP contribution in [-0.2, 0) is 38.1 Å². The lowest BCUT2D eigenvalue weighted by atomic mass is 9.56. The second-order valence-electron chi connectivity index (χ2n) is 10.3. The summed E-state index contributed by atoms with van der Waals surface area (Å²) in [5, 5.41) is 12.2.